The largest absolute Gasteiger partial charge is 0.494 e. The van der Waals surface area contributed by atoms with Gasteiger partial charge in [0.25, 0.3) is 0 Å². The molecule has 1 amide bonds. The van der Waals surface area contributed by atoms with Gasteiger partial charge in [-0.3, -0.25) is 4.79 Å². The van der Waals surface area contributed by atoms with Crippen LogP contribution in [0.3, 0.4) is 0 Å². The second kappa shape index (κ2) is 20.9. The number of carbonyl (C=O) groups excluding carboxylic acids is 2. The fourth-order valence-corrected chi connectivity index (χ4v) is 4.80. The Morgan fingerprint density at radius 2 is 1.25 bits per heavy atom. The summed E-state index contributed by atoms with van der Waals surface area (Å²) in [4.78, 5) is 24.0. The first-order valence-corrected chi connectivity index (χ1v) is 15.4. The van der Waals surface area contributed by atoms with Gasteiger partial charge >= 0.3 is 5.97 Å². The Balaban J connectivity index is 1.48. The number of unbranched alkanes of at least 4 members (excludes halogenated alkanes) is 15. The van der Waals surface area contributed by atoms with E-state index in [4.69, 9.17) is 4.74 Å². The van der Waals surface area contributed by atoms with E-state index in [0.29, 0.717) is 12.3 Å². The van der Waals surface area contributed by atoms with E-state index in [9.17, 15) is 14.0 Å². The van der Waals surface area contributed by atoms with E-state index >= 15 is 0 Å². The summed E-state index contributed by atoms with van der Waals surface area (Å²) in [5.74, 6) is -0.945. The van der Waals surface area contributed by atoms with Crippen LogP contribution in [0.5, 0.6) is 5.75 Å². The highest BCUT2D eigenvalue weighted by Crippen LogP contribution is 2.18. The Morgan fingerprint density at radius 3 is 1.77 bits per heavy atom. The average Bonchev–Trinajstić information content (AvgIpc) is 2.96. The molecule has 0 fully saturated rings. The van der Waals surface area contributed by atoms with Crippen molar-refractivity contribution in [3.05, 3.63) is 59.4 Å². The summed E-state index contributed by atoms with van der Waals surface area (Å²) >= 11 is 0. The third-order valence-electron chi connectivity index (χ3n) is 7.21. The molecule has 0 atom stereocenters. The zero-order valence-electron chi connectivity index (χ0n) is 24.8. The van der Waals surface area contributed by atoms with Crippen LogP contribution in [0.1, 0.15) is 126 Å². The van der Waals surface area contributed by atoms with Crippen molar-refractivity contribution >= 4 is 17.6 Å². The Labute approximate surface area is 241 Å². The lowest BCUT2D eigenvalue weighted by molar-refractivity contribution is -0.115. The summed E-state index contributed by atoms with van der Waals surface area (Å²) in [6.07, 6.45) is 21.7. The van der Waals surface area contributed by atoms with Gasteiger partial charge in [-0.15, -0.1) is 0 Å². The number of amides is 1. The van der Waals surface area contributed by atoms with Crippen molar-refractivity contribution in [2.75, 3.05) is 19.0 Å². The molecule has 0 spiro atoms. The van der Waals surface area contributed by atoms with Crippen LogP contribution in [-0.4, -0.2) is 25.6 Å². The molecule has 0 saturated heterocycles. The van der Waals surface area contributed by atoms with Gasteiger partial charge in [-0.2, -0.15) is 0 Å². The number of halogens is 1. The Hall–Kier alpha value is -2.89. The first-order valence-electron chi connectivity index (χ1n) is 15.4. The van der Waals surface area contributed by atoms with Crippen LogP contribution in [0.2, 0.25) is 0 Å². The molecule has 0 saturated carbocycles. The number of carbonyl (C=O) groups is 2. The highest BCUT2D eigenvalue weighted by atomic mass is 19.1. The number of rotatable bonds is 22. The summed E-state index contributed by atoms with van der Waals surface area (Å²) in [6.45, 7) is 2.97. The number of benzene rings is 2. The van der Waals surface area contributed by atoms with Crippen LogP contribution >= 0.6 is 0 Å². The molecule has 6 heteroatoms. The Kier molecular flexibility index (Phi) is 17.4. The van der Waals surface area contributed by atoms with Crippen molar-refractivity contribution in [3.8, 4) is 5.75 Å². The van der Waals surface area contributed by atoms with Gasteiger partial charge in [-0.1, -0.05) is 115 Å². The lowest BCUT2D eigenvalue weighted by atomic mass is 10.0. The van der Waals surface area contributed by atoms with E-state index in [1.807, 2.05) is 24.3 Å². The number of ether oxygens (including phenoxy) is 2. The molecule has 2 rings (SSSR count). The average molecular weight is 556 g/mol. The third-order valence-corrected chi connectivity index (χ3v) is 7.21. The fourth-order valence-electron chi connectivity index (χ4n) is 4.80. The van der Waals surface area contributed by atoms with Crippen molar-refractivity contribution in [3.63, 3.8) is 0 Å². The molecule has 0 aliphatic heterocycles. The third kappa shape index (κ3) is 14.5. The zero-order valence-corrected chi connectivity index (χ0v) is 24.8. The Morgan fingerprint density at radius 1 is 0.725 bits per heavy atom. The van der Waals surface area contributed by atoms with Gasteiger partial charge < -0.3 is 14.8 Å². The molecule has 0 bridgehead atoms. The number of esters is 1. The summed E-state index contributed by atoms with van der Waals surface area (Å²) in [5.41, 5.74) is 0.958. The molecule has 1 N–H and O–H groups in total. The molecule has 0 aliphatic carbocycles. The second-order valence-corrected chi connectivity index (χ2v) is 10.7. The standard InChI is InChI=1S/C34H50FNO4/c1-3-4-5-6-7-8-9-10-11-12-13-14-15-16-17-18-25-40-30-22-19-28(20-23-30)26-33(37)36-29-21-24-32(35)31(27-29)34(38)39-2/h19-24,27H,3-18,25-26H2,1-2H3,(H,36,37). The predicted molar refractivity (Wildman–Crippen MR) is 162 cm³/mol. The number of anilines is 1. The van der Waals surface area contributed by atoms with E-state index in [1.165, 1.54) is 116 Å². The fraction of sp³-hybridized carbons (Fsp3) is 0.588. The molecule has 0 heterocycles. The maximum atomic E-state index is 13.8. The van der Waals surface area contributed by atoms with Crippen LogP contribution in [-0.2, 0) is 16.0 Å². The van der Waals surface area contributed by atoms with Crippen molar-refractivity contribution < 1.29 is 23.5 Å². The van der Waals surface area contributed by atoms with Crippen LogP contribution in [0.4, 0.5) is 10.1 Å². The smallest absolute Gasteiger partial charge is 0.340 e. The van der Waals surface area contributed by atoms with Crippen molar-refractivity contribution in [2.24, 2.45) is 0 Å². The molecular formula is C34H50FNO4. The topological polar surface area (TPSA) is 64.6 Å². The van der Waals surface area contributed by atoms with Crippen molar-refractivity contribution in [2.45, 2.75) is 116 Å². The Bertz CT molecular complexity index is 976. The number of nitrogens with one attached hydrogen (secondary N) is 1. The van der Waals surface area contributed by atoms with Gasteiger partial charge in [-0.25, -0.2) is 9.18 Å². The van der Waals surface area contributed by atoms with E-state index < -0.39 is 11.8 Å². The first-order chi connectivity index (χ1) is 19.5. The maximum Gasteiger partial charge on any atom is 0.340 e. The number of methoxy groups -OCH3 is 1. The van der Waals surface area contributed by atoms with E-state index in [2.05, 4.69) is 17.0 Å². The second-order valence-electron chi connectivity index (χ2n) is 10.7. The van der Waals surface area contributed by atoms with Crippen LogP contribution in [0.25, 0.3) is 0 Å². The van der Waals surface area contributed by atoms with Gasteiger partial charge in [0.2, 0.25) is 5.91 Å². The minimum absolute atomic E-state index is 0.157. The highest BCUT2D eigenvalue weighted by Gasteiger charge is 2.14. The summed E-state index contributed by atoms with van der Waals surface area (Å²) in [7, 11) is 1.18. The van der Waals surface area contributed by atoms with Gasteiger partial charge in [-0.05, 0) is 42.3 Å². The van der Waals surface area contributed by atoms with E-state index in [1.54, 1.807) is 0 Å². The lowest BCUT2D eigenvalue weighted by Gasteiger charge is -2.09. The minimum Gasteiger partial charge on any atom is -0.494 e. The van der Waals surface area contributed by atoms with Crippen molar-refractivity contribution in [1.29, 1.82) is 0 Å². The molecular weight excluding hydrogens is 505 g/mol. The van der Waals surface area contributed by atoms with Gasteiger partial charge in [0, 0.05) is 5.69 Å². The molecule has 222 valence electrons. The lowest BCUT2D eigenvalue weighted by Crippen LogP contribution is -2.15. The molecule has 0 radical (unpaired) electrons. The maximum absolute atomic E-state index is 13.8. The molecule has 2 aromatic carbocycles. The molecule has 40 heavy (non-hydrogen) atoms. The quantitative estimate of drug-likeness (QED) is 0.116. The zero-order chi connectivity index (χ0) is 28.8. The molecule has 0 aromatic heterocycles. The van der Waals surface area contributed by atoms with Gasteiger partial charge in [0.1, 0.15) is 11.6 Å². The van der Waals surface area contributed by atoms with Crippen molar-refractivity contribution in [1.82, 2.24) is 0 Å². The van der Waals surface area contributed by atoms with Crippen LogP contribution in [0, 0.1) is 5.82 Å². The van der Waals surface area contributed by atoms with Crippen LogP contribution in [0.15, 0.2) is 42.5 Å². The molecule has 0 aliphatic rings. The van der Waals surface area contributed by atoms with Gasteiger partial charge in [0.15, 0.2) is 0 Å². The monoisotopic (exact) mass is 555 g/mol. The molecule has 5 nitrogen and oxygen atoms in total. The SMILES string of the molecule is CCCCCCCCCCCCCCCCCCOc1ccc(CC(=O)Nc2ccc(F)c(C(=O)OC)c2)cc1. The number of hydrogen-bond acceptors (Lipinski definition) is 4. The highest BCUT2D eigenvalue weighted by molar-refractivity contribution is 5.95. The van der Waals surface area contributed by atoms with E-state index in [0.717, 1.165) is 23.8 Å². The van der Waals surface area contributed by atoms with Crippen LogP contribution < -0.4 is 10.1 Å². The van der Waals surface area contributed by atoms with E-state index in [-0.39, 0.29) is 17.9 Å². The number of hydrogen-bond donors (Lipinski definition) is 1. The first kappa shape index (κ1) is 33.3. The molecule has 2 aromatic rings. The predicted octanol–water partition coefficient (Wildman–Crippen LogP) is 9.43. The summed E-state index contributed by atoms with van der Waals surface area (Å²) in [5, 5.41) is 2.69. The van der Waals surface area contributed by atoms with Gasteiger partial charge in [0.05, 0.1) is 25.7 Å². The molecule has 0 unspecified atom stereocenters. The normalized spacial score (nSPS) is 10.9. The summed E-state index contributed by atoms with van der Waals surface area (Å²) in [6, 6.07) is 11.3. The summed E-state index contributed by atoms with van der Waals surface area (Å²) < 4.78 is 24.2. The minimum atomic E-state index is -0.788.